The summed E-state index contributed by atoms with van der Waals surface area (Å²) in [6.45, 7) is 2.52. The molecule has 0 radical (unpaired) electrons. The Balaban J connectivity index is 2.17. The van der Waals surface area contributed by atoms with E-state index in [2.05, 4.69) is 9.97 Å². The van der Waals surface area contributed by atoms with Crippen molar-refractivity contribution in [2.45, 2.75) is 13.5 Å². The smallest absolute Gasteiger partial charge is 0.225 e. The van der Waals surface area contributed by atoms with Crippen LogP contribution >= 0.6 is 0 Å². The van der Waals surface area contributed by atoms with Crippen molar-refractivity contribution in [3.05, 3.63) is 29.7 Å². The van der Waals surface area contributed by atoms with Gasteiger partial charge in [0.2, 0.25) is 11.8 Å². The number of rotatable bonds is 4. The average molecular weight is 248 g/mol. The Labute approximate surface area is 105 Å². The Morgan fingerprint density at radius 3 is 2.78 bits per heavy atom. The first kappa shape index (κ1) is 12.2. The number of methoxy groups -OCH3 is 1. The summed E-state index contributed by atoms with van der Waals surface area (Å²) in [7, 11) is 3.44. The number of nitrogens with two attached hydrogens (primary N) is 1. The molecule has 0 bridgehead atoms. The molecular formula is C12H16N4O2. The fraction of sp³-hybridized carbons (Fsp3) is 0.333. The van der Waals surface area contributed by atoms with Crippen LogP contribution in [-0.4, -0.2) is 24.1 Å². The molecule has 6 nitrogen and oxygen atoms in total. The van der Waals surface area contributed by atoms with E-state index in [9.17, 15) is 0 Å². The quantitative estimate of drug-likeness (QED) is 0.885. The average Bonchev–Trinajstić information content (AvgIpc) is 2.73. The highest BCUT2D eigenvalue weighted by atomic mass is 16.5. The number of anilines is 2. The lowest BCUT2D eigenvalue weighted by Crippen LogP contribution is -2.18. The van der Waals surface area contributed by atoms with Crippen molar-refractivity contribution in [2.75, 3.05) is 24.8 Å². The summed E-state index contributed by atoms with van der Waals surface area (Å²) in [5, 5.41) is 0. The first-order valence-corrected chi connectivity index (χ1v) is 5.53. The summed E-state index contributed by atoms with van der Waals surface area (Å²) >= 11 is 0. The molecule has 0 aromatic carbocycles. The molecule has 2 rings (SSSR count). The van der Waals surface area contributed by atoms with Crippen molar-refractivity contribution < 1.29 is 9.15 Å². The number of furan rings is 1. The van der Waals surface area contributed by atoms with Crippen LogP contribution in [0.1, 0.15) is 11.5 Å². The number of nitrogens with zero attached hydrogens (tertiary/aromatic N) is 3. The topological polar surface area (TPSA) is 77.4 Å². The Morgan fingerprint density at radius 2 is 2.17 bits per heavy atom. The van der Waals surface area contributed by atoms with Gasteiger partial charge in [-0.3, -0.25) is 0 Å². The summed E-state index contributed by atoms with van der Waals surface area (Å²) in [6.07, 6.45) is 0. The highest BCUT2D eigenvalue weighted by Crippen LogP contribution is 2.19. The molecular weight excluding hydrogens is 232 g/mol. The molecule has 6 heteroatoms. The molecule has 96 valence electrons. The maximum Gasteiger partial charge on any atom is 0.225 e. The van der Waals surface area contributed by atoms with Gasteiger partial charge >= 0.3 is 0 Å². The molecule has 18 heavy (non-hydrogen) atoms. The number of ether oxygens (including phenoxy) is 1. The van der Waals surface area contributed by atoms with Gasteiger partial charge in [0, 0.05) is 13.1 Å². The second-order valence-electron chi connectivity index (χ2n) is 4.00. The van der Waals surface area contributed by atoms with Crippen LogP contribution in [0.2, 0.25) is 0 Å². The standard InChI is InChI=1S/C12H16N4O2/c1-8-4-5-9(18-8)7-16(2)10-6-11(17-3)15-12(13)14-10/h4-6H,7H2,1-3H3,(H2,13,14,15). The van der Waals surface area contributed by atoms with Crippen molar-refractivity contribution in [1.29, 1.82) is 0 Å². The van der Waals surface area contributed by atoms with E-state index in [4.69, 9.17) is 14.9 Å². The molecule has 0 amide bonds. The minimum atomic E-state index is 0.187. The van der Waals surface area contributed by atoms with Crippen LogP contribution in [0, 0.1) is 6.92 Å². The molecule has 2 aromatic heterocycles. The molecule has 0 saturated heterocycles. The molecule has 0 atom stereocenters. The summed E-state index contributed by atoms with van der Waals surface area (Å²) in [6, 6.07) is 5.60. The van der Waals surface area contributed by atoms with Gasteiger partial charge in [0.1, 0.15) is 17.3 Å². The highest BCUT2D eigenvalue weighted by Gasteiger charge is 2.09. The lowest BCUT2D eigenvalue weighted by molar-refractivity contribution is 0.397. The summed E-state index contributed by atoms with van der Waals surface area (Å²) in [4.78, 5) is 10.0. The van der Waals surface area contributed by atoms with Crippen molar-refractivity contribution in [3.63, 3.8) is 0 Å². The summed E-state index contributed by atoms with van der Waals surface area (Å²) in [5.41, 5.74) is 5.62. The third kappa shape index (κ3) is 2.71. The largest absolute Gasteiger partial charge is 0.481 e. The third-order valence-electron chi connectivity index (χ3n) is 2.50. The minimum Gasteiger partial charge on any atom is -0.481 e. The maximum atomic E-state index is 5.62. The van der Waals surface area contributed by atoms with E-state index in [1.165, 1.54) is 0 Å². The number of hydrogen-bond donors (Lipinski definition) is 1. The molecule has 2 N–H and O–H groups in total. The molecule has 0 fully saturated rings. The molecule has 2 heterocycles. The Bertz CT molecular complexity index is 539. The van der Waals surface area contributed by atoms with Crippen LogP contribution in [0.4, 0.5) is 11.8 Å². The predicted octanol–water partition coefficient (Wildman–Crippen LogP) is 1.61. The molecule has 0 unspecified atom stereocenters. The van der Waals surface area contributed by atoms with E-state index in [-0.39, 0.29) is 5.95 Å². The van der Waals surface area contributed by atoms with Gasteiger partial charge in [-0.1, -0.05) is 0 Å². The van der Waals surface area contributed by atoms with Gasteiger partial charge in [0.25, 0.3) is 0 Å². The monoisotopic (exact) mass is 248 g/mol. The summed E-state index contributed by atoms with van der Waals surface area (Å²) < 4.78 is 10.6. The zero-order valence-electron chi connectivity index (χ0n) is 10.7. The van der Waals surface area contributed by atoms with Crippen LogP contribution in [-0.2, 0) is 6.54 Å². The molecule has 2 aromatic rings. The second-order valence-corrected chi connectivity index (χ2v) is 4.00. The zero-order valence-corrected chi connectivity index (χ0v) is 10.7. The number of aryl methyl sites for hydroxylation is 1. The van der Waals surface area contributed by atoms with Gasteiger partial charge in [-0.15, -0.1) is 0 Å². The first-order chi connectivity index (χ1) is 8.58. The maximum absolute atomic E-state index is 5.62. The molecule has 0 aliphatic heterocycles. The molecule has 0 aliphatic carbocycles. The molecule has 0 spiro atoms. The van der Waals surface area contributed by atoms with E-state index < -0.39 is 0 Å². The Morgan fingerprint density at radius 1 is 1.39 bits per heavy atom. The SMILES string of the molecule is COc1cc(N(C)Cc2ccc(C)o2)nc(N)n1. The van der Waals surface area contributed by atoms with E-state index in [1.807, 2.05) is 31.0 Å². The van der Waals surface area contributed by atoms with Crippen molar-refractivity contribution in [3.8, 4) is 5.88 Å². The van der Waals surface area contributed by atoms with Crippen LogP contribution in [0.25, 0.3) is 0 Å². The minimum absolute atomic E-state index is 0.187. The fourth-order valence-corrected chi connectivity index (χ4v) is 1.62. The number of aromatic nitrogens is 2. The van der Waals surface area contributed by atoms with Gasteiger partial charge in [0.15, 0.2) is 0 Å². The normalized spacial score (nSPS) is 10.4. The zero-order chi connectivity index (χ0) is 13.1. The van der Waals surface area contributed by atoms with Gasteiger partial charge in [-0.05, 0) is 19.1 Å². The Kier molecular flexibility index (Phi) is 3.36. The van der Waals surface area contributed by atoms with Crippen molar-refractivity contribution in [1.82, 2.24) is 9.97 Å². The van der Waals surface area contributed by atoms with Crippen LogP contribution in [0.5, 0.6) is 5.88 Å². The van der Waals surface area contributed by atoms with E-state index >= 15 is 0 Å². The van der Waals surface area contributed by atoms with E-state index in [0.29, 0.717) is 18.2 Å². The molecule has 0 aliphatic rings. The molecule has 0 saturated carbocycles. The first-order valence-electron chi connectivity index (χ1n) is 5.53. The summed E-state index contributed by atoms with van der Waals surface area (Å²) in [5.74, 6) is 3.07. The van der Waals surface area contributed by atoms with Crippen LogP contribution < -0.4 is 15.4 Å². The predicted molar refractivity (Wildman–Crippen MR) is 68.5 cm³/mol. The lowest BCUT2D eigenvalue weighted by Gasteiger charge is -2.17. The highest BCUT2D eigenvalue weighted by molar-refractivity contribution is 5.44. The third-order valence-corrected chi connectivity index (χ3v) is 2.50. The second kappa shape index (κ2) is 4.95. The number of nitrogen functional groups attached to an aromatic ring is 1. The van der Waals surface area contributed by atoms with Gasteiger partial charge in [0.05, 0.1) is 13.7 Å². The fourth-order valence-electron chi connectivity index (χ4n) is 1.62. The van der Waals surface area contributed by atoms with Crippen molar-refractivity contribution >= 4 is 11.8 Å². The van der Waals surface area contributed by atoms with Crippen LogP contribution in [0.3, 0.4) is 0 Å². The van der Waals surface area contributed by atoms with Gasteiger partial charge in [-0.2, -0.15) is 9.97 Å². The van der Waals surface area contributed by atoms with Gasteiger partial charge in [-0.25, -0.2) is 0 Å². The van der Waals surface area contributed by atoms with Crippen LogP contribution in [0.15, 0.2) is 22.6 Å². The van der Waals surface area contributed by atoms with E-state index in [0.717, 1.165) is 11.5 Å². The van der Waals surface area contributed by atoms with E-state index in [1.54, 1.807) is 13.2 Å². The lowest BCUT2D eigenvalue weighted by atomic mass is 10.4. The Hall–Kier alpha value is -2.24. The number of hydrogen-bond acceptors (Lipinski definition) is 6. The van der Waals surface area contributed by atoms with Gasteiger partial charge < -0.3 is 19.8 Å². The van der Waals surface area contributed by atoms with Crippen molar-refractivity contribution in [2.24, 2.45) is 0 Å².